The van der Waals surface area contributed by atoms with E-state index >= 15 is 0 Å². The number of aliphatic hydroxyl groups excluding tert-OH is 1. The van der Waals surface area contributed by atoms with Gasteiger partial charge in [-0.1, -0.05) is 6.92 Å². The Labute approximate surface area is 91.0 Å². The van der Waals surface area contributed by atoms with Gasteiger partial charge in [0.1, 0.15) is 6.04 Å². The topological polar surface area (TPSA) is 58.6 Å². The third-order valence-corrected chi connectivity index (χ3v) is 3.25. The van der Waals surface area contributed by atoms with Gasteiger partial charge in [0.05, 0.1) is 12.7 Å². The summed E-state index contributed by atoms with van der Waals surface area (Å²) in [7, 11) is 0. The third-order valence-electron chi connectivity index (χ3n) is 3.25. The van der Waals surface area contributed by atoms with Gasteiger partial charge in [0.15, 0.2) is 0 Å². The van der Waals surface area contributed by atoms with Crippen LogP contribution in [-0.2, 0) is 9.53 Å². The van der Waals surface area contributed by atoms with Crippen LogP contribution in [0.2, 0.25) is 0 Å². The second-order valence-electron chi connectivity index (χ2n) is 4.36. The van der Waals surface area contributed by atoms with Crippen LogP contribution in [-0.4, -0.2) is 35.9 Å². The maximum absolute atomic E-state index is 11.6. The summed E-state index contributed by atoms with van der Waals surface area (Å²) in [5.41, 5.74) is 0. The molecule has 0 aromatic heterocycles. The van der Waals surface area contributed by atoms with E-state index in [1.54, 1.807) is 13.8 Å². The first kappa shape index (κ1) is 12.5. The normalized spacial score (nSPS) is 37.7. The van der Waals surface area contributed by atoms with E-state index in [9.17, 15) is 9.90 Å². The highest BCUT2D eigenvalue weighted by molar-refractivity contribution is 5.76. The summed E-state index contributed by atoms with van der Waals surface area (Å²) in [6.07, 6.45) is -0.401. The maximum Gasteiger partial charge on any atom is 0.323 e. The molecule has 1 fully saturated rings. The Kier molecular flexibility index (Phi) is 4.11. The molecule has 1 aliphatic heterocycles. The Morgan fingerprint density at radius 1 is 1.53 bits per heavy atom. The average Bonchev–Trinajstić information content (AvgIpc) is 2.42. The number of aliphatic hydroxyl groups is 1. The van der Waals surface area contributed by atoms with Gasteiger partial charge in [-0.25, -0.2) is 0 Å². The number of hydrogen-bond acceptors (Lipinski definition) is 4. The highest BCUT2D eigenvalue weighted by atomic mass is 16.5. The first-order valence-corrected chi connectivity index (χ1v) is 5.59. The zero-order chi connectivity index (χ0) is 11.6. The largest absolute Gasteiger partial charge is 0.465 e. The number of hydrogen-bond donors (Lipinski definition) is 2. The molecule has 15 heavy (non-hydrogen) atoms. The highest BCUT2D eigenvalue weighted by Gasteiger charge is 2.44. The molecule has 0 spiro atoms. The van der Waals surface area contributed by atoms with Gasteiger partial charge in [-0.15, -0.1) is 0 Å². The molecular weight excluding hydrogens is 194 g/mol. The molecule has 0 unspecified atom stereocenters. The zero-order valence-electron chi connectivity index (χ0n) is 9.86. The van der Waals surface area contributed by atoms with Crippen LogP contribution in [0.15, 0.2) is 0 Å². The van der Waals surface area contributed by atoms with Crippen molar-refractivity contribution in [2.75, 3.05) is 6.61 Å². The molecule has 1 heterocycles. The summed E-state index contributed by atoms with van der Waals surface area (Å²) < 4.78 is 4.99. The van der Waals surface area contributed by atoms with Crippen LogP contribution in [0.4, 0.5) is 0 Å². The van der Waals surface area contributed by atoms with Crippen molar-refractivity contribution < 1.29 is 14.6 Å². The first-order chi connectivity index (χ1) is 6.99. The molecule has 1 saturated heterocycles. The van der Waals surface area contributed by atoms with E-state index in [1.807, 2.05) is 13.8 Å². The van der Waals surface area contributed by atoms with Crippen molar-refractivity contribution in [1.82, 2.24) is 5.32 Å². The minimum atomic E-state index is -0.401. The van der Waals surface area contributed by atoms with Gasteiger partial charge in [-0.2, -0.15) is 0 Å². The quantitative estimate of drug-likeness (QED) is 0.675. The van der Waals surface area contributed by atoms with Gasteiger partial charge in [0.2, 0.25) is 0 Å². The Balaban J connectivity index is 2.68. The monoisotopic (exact) mass is 215 g/mol. The van der Waals surface area contributed by atoms with E-state index in [-0.39, 0.29) is 29.9 Å². The van der Waals surface area contributed by atoms with Crippen molar-refractivity contribution in [3.05, 3.63) is 0 Å². The Bertz CT molecular complexity index is 230. The molecule has 0 saturated carbocycles. The van der Waals surface area contributed by atoms with Gasteiger partial charge >= 0.3 is 5.97 Å². The summed E-state index contributed by atoms with van der Waals surface area (Å²) in [6.45, 7) is 7.94. The van der Waals surface area contributed by atoms with Crippen LogP contribution < -0.4 is 5.32 Å². The Morgan fingerprint density at radius 2 is 2.13 bits per heavy atom. The maximum atomic E-state index is 11.6. The summed E-state index contributed by atoms with van der Waals surface area (Å²) in [4.78, 5) is 11.6. The van der Waals surface area contributed by atoms with Gasteiger partial charge in [-0.3, -0.25) is 4.79 Å². The highest BCUT2D eigenvalue weighted by Crippen LogP contribution is 2.30. The Hall–Kier alpha value is -0.610. The number of esters is 1. The van der Waals surface area contributed by atoms with E-state index in [1.165, 1.54) is 0 Å². The van der Waals surface area contributed by atoms with Crippen LogP contribution in [0.5, 0.6) is 0 Å². The van der Waals surface area contributed by atoms with E-state index in [2.05, 4.69) is 5.32 Å². The lowest BCUT2D eigenvalue weighted by Gasteiger charge is -2.22. The number of nitrogens with one attached hydrogen (secondary N) is 1. The second kappa shape index (κ2) is 4.94. The molecule has 4 heteroatoms. The summed E-state index contributed by atoms with van der Waals surface area (Å²) in [5, 5.41) is 12.8. The molecule has 0 amide bonds. The smallest absolute Gasteiger partial charge is 0.323 e. The van der Waals surface area contributed by atoms with Crippen molar-refractivity contribution in [2.45, 2.75) is 45.9 Å². The van der Waals surface area contributed by atoms with Gasteiger partial charge in [0.25, 0.3) is 0 Å². The third kappa shape index (κ3) is 2.49. The number of rotatable bonds is 3. The minimum Gasteiger partial charge on any atom is -0.465 e. The summed E-state index contributed by atoms with van der Waals surface area (Å²) in [6, 6.07) is -0.131. The van der Waals surface area contributed by atoms with Crippen LogP contribution in [0.1, 0.15) is 27.7 Å². The number of carbonyl (C=O) groups excluding carboxylic acids is 1. The van der Waals surface area contributed by atoms with Crippen LogP contribution >= 0.6 is 0 Å². The van der Waals surface area contributed by atoms with E-state index in [0.717, 1.165) is 0 Å². The van der Waals surface area contributed by atoms with Crippen molar-refractivity contribution in [3.63, 3.8) is 0 Å². The molecule has 0 bridgehead atoms. The molecule has 4 nitrogen and oxygen atoms in total. The summed E-state index contributed by atoms with van der Waals surface area (Å²) >= 11 is 0. The standard InChI is InChI=1S/C11H21NO3/c1-5-15-11(14)10-6(2)9(8(4)13)7(3)12-10/h6-10,12-13H,5H2,1-4H3/t6-,7+,8-,9+,10+/m0/s1. The van der Waals surface area contributed by atoms with Crippen LogP contribution in [0.25, 0.3) is 0 Å². The molecule has 0 aromatic rings. The van der Waals surface area contributed by atoms with Gasteiger partial charge in [-0.05, 0) is 26.7 Å². The van der Waals surface area contributed by atoms with Crippen molar-refractivity contribution in [2.24, 2.45) is 11.8 Å². The molecule has 1 rings (SSSR count). The molecule has 0 aliphatic carbocycles. The summed E-state index contributed by atoms with van der Waals surface area (Å²) in [5.74, 6) is 0.0125. The van der Waals surface area contributed by atoms with Crippen LogP contribution in [0, 0.1) is 11.8 Å². The lowest BCUT2D eigenvalue weighted by Crippen LogP contribution is -2.38. The molecule has 0 aromatic carbocycles. The van der Waals surface area contributed by atoms with Crippen molar-refractivity contribution in [1.29, 1.82) is 0 Å². The molecular formula is C11H21NO3. The molecule has 2 N–H and O–H groups in total. The fourth-order valence-corrected chi connectivity index (χ4v) is 2.60. The second-order valence-corrected chi connectivity index (χ2v) is 4.36. The fourth-order valence-electron chi connectivity index (χ4n) is 2.60. The Morgan fingerprint density at radius 3 is 2.53 bits per heavy atom. The lowest BCUT2D eigenvalue weighted by molar-refractivity contribution is -0.146. The van der Waals surface area contributed by atoms with E-state index in [0.29, 0.717) is 6.61 Å². The molecule has 5 atom stereocenters. The molecule has 0 radical (unpaired) electrons. The lowest BCUT2D eigenvalue weighted by atomic mass is 9.85. The number of carbonyl (C=O) groups is 1. The van der Waals surface area contributed by atoms with E-state index < -0.39 is 6.10 Å². The van der Waals surface area contributed by atoms with Gasteiger partial charge in [0, 0.05) is 12.0 Å². The fraction of sp³-hybridized carbons (Fsp3) is 0.909. The molecule has 1 aliphatic rings. The van der Waals surface area contributed by atoms with Gasteiger partial charge < -0.3 is 15.2 Å². The predicted molar refractivity (Wildman–Crippen MR) is 57.4 cm³/mol. The minimum absolute atomic E-state index is 0.110. The van der Waals surface area contributed by atoms with Crippen molar-refractivity contribution in [3.8, 4) is 0 Å². The van der Waals surface area contributed by atoms with Crippen molar-refractivity contribution >= 4 is 5.97 Å². The van der Waals surface area contributed by atoms with E-state index in [4.69, 9.17) is 4.74 Å². The van der Waals surface area contributed by atoms with Crippen LogP contribution in [0.3, 0.4) is 0 Å². The molecule has 88 valence electrons. The average molecular weight is 215 g/mol. The number of ether oxygens (including phenoxy) is 1. The predicted octanol–water partition coefficient (Wildman–Crippen LogP) is 0.543. The zero-order valence-corrected chi connectivity index (χ0v) is 9.86. The first-order valence-electron chi connectivity index (χ1n) is 5.59. The SMILES string of the molecule is CCOC(=O)[C@@H]1N[C@H](C)[C@H]([C@H](C)O)[C@@H]1C.